The van der Waals surface area contributed by atoms with Gasteiger partial charge in [-0.15, -0.1) is 6.42 Å². The molecule has 1 heterocycles. The van der Waals surface area contributed by atoms with Gasteiger partial charge in [0.05, 0.1) is 5.52 Å². The van der Waals surface area contributed by atoms with Crippen LogP contribution in [0.4, 0.5) is 10.1 Å². The Bertz CT molecular complexity index is 933. The van der Waals surface area contributed by atoms with Gasteiger partial charge >= 0.3 is 0 Å². The Morgan fingerprint density at radius 1 is 1.21 bits per heavy atom. The van der Waals surface area contributed by atoms with Gasteiger partial charge in [0.25, 0.3) is 11.9 Å². The van der Waals surface area contributed by atoms with Crippen LogP contribution >= 0.6 is 0 Å². The van der Waals surface area contributed by atoms with E-state index >= 15 is 0 Å². The highest BCUT2D eigenvalue weighted by Crippen LogP contribution is 2.23. The molecule has 0 unspecified atom stereocenters. The molecule has 118 valence electrons. The molecule has 2 aromatic carbocycles. The molecular weight excluding hydrogens is 307 g/mol. The number of carbonyl (C=O) groups is 1. The SMILES string of the molecule is C#CCOc1cc2cc(C(=O)Nc3ccccc3)ccc2nc1F. The number of pyridine rings is 1. The molecule has 0 fully saturated rings. The number of halogens is 1. The second-order valence-electron chi connectivity index (χ2n) is 5.00. The number of para-hydroxylation sites is 1. The molecule has 0 saturated heterocycles. The van der Waals surface area contributed by atoms with Gasteiger partial charge in [-0.2, -0.15) is 4.39 Å². The third kappa shape index (κ3) is 3.33. The van der Waals surface area contributed by atoms with Crippen LogP contribution in [-0.4, -0.2) is 17.5 Å². The summed E-state index contributed by atoms with van der Waals surface area (Å²) in [7, 11) is 0. The van der Waals surface area contributed by atoms with Crippen LogP contribution < -0.4 is 10.1 Å². The summed E-state index contributed by atoms with van der Waals surface area (Å²) in [5.41, 5.74) is 1.55. The Hall–Kier alpha value is -3.39. The number of terminal acetylenes is 1. The fraction of sp³-hybridized carbons (Fsp3) is 0.0526. The lowest BCUT2D eigenvalue weighted by atomic mass is 10.1. The maximum atomic E-state index is 13.8. The van der Waals surface area contributed by atoms with Gasteiger partial charge in [0, 0.05) is 16.6 Å². The second kappa shape index (κ2) is 6.80. The van der Waals surface area contributed by atoms with Gasteiger partial charge in [-0.25, -0.2) is 4.98 Å². The van der Waals surface area contributed by atoms with Crippen LogP contribution in [-0.2, 0) is 0 Å². The topological polar surface area (TPSA) is 51.2 Å². The summed E-state index contributed by atoms with van der Waals surface area (Å²) in [4.78, 5) is 16.1. The number of fused-ring (bicyclic) bond motifs is 1. The Morgan fingerprint density at radius 3 is 2.75 bits per heavy atom. The van der Waals surface area contributed by atoms with Crippen molar-refractivity contribution in [2.24, 2.45) is 0 Å². The number of hydrogen-bond acceptors (Lipinski definition) is 3. The van der Waals surface area contributed by atoms with Crippen LogP contribution in [0, 0.1) is 18.3 Å². The highest BCUT2D eigenvalue weighted by molar-refractivity contribution is 6.06. The van der Waals surface area contributed by atoms with Crippen LogP contribution in [0.2, 0.25) is 0 Å². The lowest BCUT2D eigenvalue weighted by Crippen LogP contribution is -2.11. The summed E-state index contributed by atoms with van der Waals surface area (Å²) >= 11 is 0. The van der Waals surface area contributed by atoms with Crippen LogP contribution in [0.25, 0.3) is 10.9 Å². The number of amides is 1. The molecule has 24 heavy (non-hydrogen) atoms. The van der Waals surface area contributed by atoms with Crippen molar-refractivity contribution in [3.8, 4) is 18.1 Å². The molecule has 0 atom stereocenters. The average molecular weight is 320 g/mol. The molecular formula is C19H13FN2O2. The Labute approximate surface area is 138 Å². The minimum atomic E-state index is -0.737. The lowest BCUT2D eigenvalue weighted by molar-refractivity contribution is 0.102. The number of ether oxygens (including phenoxy) is 1. The maximum absolute atomic E-state index is 13.8. The Kier molecular flexibility index (Phi) is 4.39. The summed E-state index contributed by atoms with van der Waals surface area (Å²) in [5.74, 6) is 1.22. The number of carbonyl (C=O) groups excluding carboxylic acids is 1. The van der Waals surface area contributed by atoms with Crippen LogP contribution in [0.5, 0.6) is 5.75 Å². The summed E-state index contributed by atoms with van der Waals surface area (Å²) in [6.07, 6.45) is 5.11. The number of benzene rings is 2. The highest BCUT2D eigenvalue weighted by atomic mass is 19.1. The van der Waals surface area contributed by atoms with Crippen LogP contribution in [0.15, 0.2) is 54.6 Å². The third-order valence-electron chi connectivity index (χ3n) is 3.34. The molecule has 1 aromatic heterocycles. The maximum Gasteiger partial charge on any atom is 0.255 e. The average Bonchev–Trinajstić information content (AvgIpc) is 2.60. The molecule has 1 N–H and O–H groups in total. The first kappa shape index (κ1) is 15.5. The number of nitrogens with zero attached hydrogens (tertiary/aromatic N) is 1. The number of anilines is 1. The molecule has 5 heteroatoms. The number of aromatic nitrogens is 1. The van der Waals surface area contributed by atoms with E-state index in [1.165, 1.54) is 6.07 Å². The molecule has 4 nitrogen and oxygen atoms in total. The van der Waals surface area contributed by atoms with E-state index in [1.807, 2.05) is 18.2 Å². The molecule has 1 amide bonds. The minimum Gasteiger partial charge on any atom is -0.476 e. The zero-order chi connectivity index (χ0) is 16.9. The van der Waals surface area contributed by atoms with E-state index in [0.717, 1.165) is 0 Å². The Balaban J connectivity index is 1.91. The van der Waals surface area contributed by atoms with Gasteiger partial charge in [-0.05, 0) is 36.4 Å². The van der Waals surface area contributed by atoms with Crippen molar-refractivity contribution in [1.29, 1.82) is 0 Å². The highest BCUT2D eigenvalue weighted by Gasteiger charge is 2.11. The molecule has 3 rings (SSSR count). The number of nitrogens with one attached hydrogen (secondary N) is 1. The van der Waals surface area contributed by atoms with Crippen molar-refractivity contribution >= 4 is 22.5 Å². The van der Waals surface area contributed by atoms with E-state index in [2.05, 4.69) is 16.2 Å². The molecule has 0 aliphatic carbocycles. The van der Waals surface area contributed by atoms with E-state index in [1.54, 1.807) is 30.3 Å². The molecule has 0 bridgehead atoms. The van der Waals surface area contributed by atoms with Gasteiger partial charge in [-0.3, -0.25) is 4.79 Å². The van der Waals surface area contributed by atoms with Gasteiger partial charge < -0.3 is 10.1 Å². The largest absolute Gasteiger partial charge is 0.476 e. The molecule has 0 aliphatic heterocycles. The number of rotatable bonds is 4. The van der Waals surface area contributed by atoms with Crippen molar-refractivity contribution < 1.29 is 13.9 Å². The molecule has 0 aliphatic rings. The van der Waals surface area contributed by atoms with Gasteiger partial charge in [0.1, 0.15) is 6.61 Å². The fourth-order valence-electron chi connectivity index (χ4n) is 2.22. The van der Waals surface area contributed by atoms with E-state index in [-0.39, 0.29) is 18.3 Å². The fourth-order valence-corrected chi connectivity index (χ4v) is 2.22. The molecule has 0 spiro atoms. The molecule has 0 radical (unpaired) electrons. The Morgan fingerprint density at radius 2 is 2.00 bits per heavy atom. The van der Waals surface area contributed by atoms with E-state index in [0.29, 0.717) is 22.2 Å². The second-order valence-corrected chi connectivity index (χ2v) is 5.00. The van der Waals surface area contributed by atoms with Crippen molar-refractivity contribution in [2.75, 3.05) is 11.9 Å². The first-order valence-corrected chi connectivity index (χ1v) is 7.20. The van der Waals surface area contributed by atoms with Crippen molar-refractivity contribution in [3.63, 3.8) is 0 Å². The minimum absolute atomic E-state index is 0.0407. The normalized spacial score (nSPS) is 10.2. The van der Waals surface area contributed by atoms with E-state index in [9.17, 15) is 9.18 Å². The first-order valence-electron chi connectivity index (χ1n) is 7.20. The molecule has 0 saturated carbocycles. The summed E-state index contributed by atoms with van der Waals surface area (Å²) in [6, 6.07) is 15.4. The zero-order valence-electron chi connectivity index (χ0n) is 12.6. The van der Waals surface area contributed by atoms with E-state index < -0.39 is 5.95 Å². The quantitative estimate of drug-likeness (QED) is 0.590. The summed E-state index contributed by atoms with van der Waals surface area (Å²) in [6.45, 7) is -0.0573. The summed E-state index contributed by atoms with van der Waals surface area (Å²) in [5, 5.41) is 3.38. The summed E-state index contributed by atoms with van der Waals surface area (Å²) < 4.78 is 18.9. The standard InChI is InChI=1S/C19H13FN2O2/c1-2-10-24-17-12-14-11-13(8-9-16(14)22-18(17)20)19(23)21-15-6-4-3-5-7-15/h1,3-9,11-12H,10H2,(H,21,23). The molecule has 3 aromatic rings. The zero-order valence-corrected chi connectivity index (χ0v) is 12.6. The van der Waals surface area contributed by atoms with Crippen molar-refractivity contribution in [1.82, 2.24) is 4.98 Å². The number of hydrogen-bond donors (Lipinski definition) is 1. The van der Waals surface area contributed by atoms with Gasteiger partial charge in [0.2, 0.25) is 0 Å². The monoisotopic (exact) mass is 320 g/mol. The van der Waals surface area contributed by atoms with Crippen molar-refractivity contribution in [2.45, 2.75) is 0 Å². The van der Waals surface area contributed by atoms with Crippen LogP contribution in [0.1, 0.15) is 10.4 Å². The van der Waals surface area contributed by atoms with Crippen LogP contribution in [0.3, 0.4) is 0 Å². The van der Waals surface area contributed by atoms with Gasteiger partial charge in [0.15, 0.2) is 5.75 Å². The lowest BCUT2D eigenvalue weighted by Gasteiger charge is -2.08. The first-order chi connectivity index (χ1) is 11.7. The third-order valence-corrected chi connectivity index (χ3v) is 3.34. The van der Waals surface area contributed by atoms with Gasteiger partial charge in [-0.1, -0.05) is 24.1 Å². The van der Waals surface area contributed by atoms with E-state index in [4.69, 9.17) is 11.2 Å². The predicted molar refractivity (Wildman–Crippen MR) is 90.4 cm³/mol. The predicted octanol–water partition coefficient (Wildman–Crippen LogP) is 3.64. The van der Waals surface area contributed by atoms with Crippen molar-refractivity contribution in [3.05, 3.63) is 66.1 Å². The smallest absolute Gasteiger partial charge is 0.255 e.